The summed E-state index contributed by atoms with van der Waals surface area (Å²) < 4.78 is 5.44. The molecule has 4 nitrogen and oxygen atoms in total. The molecule has 1 aliphatic heterocycles. The van der Waals surface area contributed by atoms with Crippen LogP contribution in [0.15, 0.2) is 23.1 Å². The maximum atomic E-state index is 11.0. The van der Waals surface area contributed by atoms with Crippen LogP contribution >= 0.6 is 23.4 Å². The first-order valence-electron chi connectivity index (χ1n) is 5.30. The summed E-state index contributed by atoms with van der Waals surface area (Å²) >= 11 is 7.34. The third-order valence-electron chi connectivity index (χ3n) is 2.72. The van der Waals surface area contributed by atoms with Crippen LogP contribution in [0.4, 0.5) is 5.69 Å². The second-order valence-electron chi connectivity index (χ2n) is 3.86. The Morgan fingerprint density at radius 3 is 2.94 bits per heavy atom. The van der Waals surface area contributed by atoms with E-state index < -0.39 is 4.92 Å². The summed E-state index contributed by atoms with van der Waals surface area (Å²) in [7, 11) is 0. The summed E-state index contributed by atoms with van der Waals surface area (Å²) in [5.41, 5.74) is -0.00160. The highest BCUT2D eigenvalue weighted by Crippen LogP contribution is 2.40. The summed E-state index contributed by atoms with van der Waals surface area (Å²) in [5.74, 6) is 0. The number of nitrogens with zero attached hydrogens (tertiary/aromatic N) is 1. The van der Waals surface area contributed by atoms with Gasteiger partial charge in [0.25, 0.3) is 0 Å². The summed E-state index contributed by atoms with van der Waals surface area (Å²) in [6.07, 6.45) is 1.04. The zero-order valence-electron chi connectivity index (χ0n) is 9.26. The Kier molecular flexibility index (Phi) is 3.91. The molecular weight excluding hydrogens is 262 g/mol. The molecule has 2 unspecified atom stereocenters. The number of rotatable bonds is 3. The van der Waals surface area contributed by atoms with Crippen LogP contribution in [-0.2, 0) is 4.74 Å². The van der Waals surface area contributed by atoms with E-state index in [1.54, 1.807) is 18.2 Å². The molecule has 1 heterocycles. The number of hydrogen-bond acceptors (Lipinski definition) is 4. The van der Waals surface area contributed by atoms with Gasteiger partial charge in [-0.3, -0.25) is 10.1 Å². The standard InChI is InChI=1S/C11H12ClNO3S/c1-7-9(5-6-16-7)17-10-4-2-3-8(12)11(10)13(14)15/h2-4,7,9H,5-6H2,1H3. The Hall–Kier alpha value is -0.780. The van der Waals surface area contributed by atoms with Crippen molar-refractivity contribution in [3.8, 4) is 0 Å². The number of para-hydroxylation sites is 1. The van der Waals surface area contributed by atoms with E-state index in [0.717, 1.165) is 6.42 Å². The monoisotopic (exact) mass is 273 g/mol. The average molecular weight is 274 g/mol. The molecule has 0 saturated carbocycles. The Labute approximate surface area is 108 Å². The van der Waals surface area contributed by atoms with Crippen LogP contribution in [-0.4, -0.2) is 22.9 Å². The largest absolute Gasteiger partial charge is 0.377 e. The van der Waals surface area contributed by atoms with E-state index in [-0.39, 0.29) is 22.1 Å². The van der Waals surface area contributed by atoms with E-state index in [1.807, 2.05) is 6.92 Å². The van der Waals surface area contributed by atoms with Gasteiger partial charge in [-0.1, -0.05) is 17.7 Å². The highest BCUT2D eigenvalue weighted by molar-refractivity contribution is 8.00. The second kappa shape index (κ2) is 5.25. The van der Waals surface area contributed by atoms with Crippen LogP contribution in [0.1, 0.15) is 13.3 Å². The highest BCUT2D eigenvalue weighted by atomic mass is 35.5. The number of hydrogen-bond donors (Lipinski definition) is 0. The van der Waals surface area contributed by atoms with Crippen molar-refractivity contribution in [2.24, 2.45) is 0 Å². The lowest BCUT2D eigenvalue weighted by atomic mass is 10.3. The predicted molar refractivity (Wildman–Crippen MR) is 67.8 cm³/mol. The SMILES string of the molecule is CC1OCCC1Sc1cccc(Cl)c1[N+](=O)[O-]. The van der Waals surface area contributed by atoms with E-state index in [0.29, 0.717) is 11.5 Å². The Balaban J connectivity index is 2.26. The number of nitro benzene ring substituents is 1. The van der Waals surface area contributed by atoms with E-state index in [2.05, 4.69) is 0 Å². The molecule has 92 valence electrons. The summed E-state index contributed by atoms with van der Waals surface area (Å²) in [5, 5.41) is 11.4. The molecule has 0 radical (unpaired) electrons. The maximum Gasteiger partial charge on any atom is 0.301 e. The Morgan fingerprint density at radius 2 is 2.35 bits per heavy atom. The first kappa shape index (κ1) is 12.7. The summed E-state index contributed by atoms with van der Waals surface area (Å²) in [6, 6.07) is 5.01. The first-order chi connectivity index (χ1) is 8.09. The van der Waals surface area contributed by atoms with Crippen LogP contribution in [0.3, 0.4) is 0 Å². The summed E-state index contributed by atoms with van der Waals surface area (Å²) in [4.78, 5) is 11.2. The summed E-state index contributed by atoms with van der Waals surface area (Å²) in [6.45, 7) is 2.70. The van der Waals surface area contributed by atoms with Crippen LogP contribution in [0.2, 0.25) is 5.02 Å². The van der Waals surface area contributed by atoms with E-state index >= 15 is 0 Å². The quantitative estimate of drug-likeness (QED) is 0.625. The van der Waals surface area contributed by atoms with Gasteiger partial charge in [0.1, 0.15) is 5.02 Å². The van der Waals surface area contributed by atoms with E-state index in [1.165, 1.54) is 11.8 Å². The molecule has 1 aromatic rings. The molecule has 0 aromatic heterocycles. The molecular formula is C11H12ClNO3S. The molecule has 0 amide bonds. The van der Waals surface area contributed by atoms with Gasteiger partial charge in [-0.15, -0.1) is 11.8 Å². The minimum atomic E-state index is -0.425. The van der Waals surface area contributed by atoms with Crippen LogP contribution in [0.25, 0.3) is 0 Å². The zero-order valence-corrected chi connectivity index (χ0v) is 10.8. The van der Waals surface area contributed by atoms with Crippen molar-refractivity contribution in [3.63, 3.8) is 0 Å². The lowest BCUT2D eigenvalue weighted by Gasteiger charge is -2.13. The van der Waals surface area contributed by atoms with Crippen molar-refractivity contribution in [1.29, 1.82) is 0 Å². The highest BCUT2D eigenvalue weighted by Gasteiger charge is 2.28. The van der Waals surface area contributed by atoms with Crippen molar-refractivity contribution in [2.45, 2.75) is 29.6 Å². The van der Waals surface area contributed by atoms with Gasteiger partial charge in [0.05, 0.1) is 15.9 Å². The number of benzene rings is 1. The number of halogens is 1. The minimum Gasteiger partial charge on any atom is -0.377 e. The van der Waals surface area contributed by atoms with Gasteiger partial charge < -0.3 is 4.74 Å². The molecule has 0 aliphatic carbocycles. The van der Waals surface area contributed by atoms with Gasteiger partial charge in [-0.2, -0.15) is 0 Å². The molecule has 1 aromatic carbocycles. The lowest BCUT2D eigenvalue weighted by molar-refractivity contribution is -0.387. The number of nitro groups is 1. The van der Waals surface area contributed by atoms with E-state index in [4.69, 9.17) is 16.3 Å². The van der Waals surface area contributed by atoms with Gasteiger partial charge in [-0.25, -0.2) is 0 Å². The van der Waals surface area contributed by atoms with Gasteiger partial charge in [0.2, 0.25) is 0 Å². The zero-order chi connectivity index (χ0) is 12.4. The van der Waals surface area contributed by atoms with Gasteiger partial charge >= 0.3 is 5.69 Å². The van der Waals surface area contributed by atoms with Crippen molar-refractivity contribution in [1.82, 2.24) is 0 Å². The third-order valence-corrected chi connectivity index (χ3v) is 4.53. The fourth-order valence-electron chi connectivity index (χ4n) is 1.80. The average Bonchev–Trinajstić information content (AvgIpc) is 2.64. The number of thioether (sulfide) groups is 1. The number of ether oxygens (including phenoxy) is 1. The first-order valence-corrected chi connectivity index (χ1v) is 6.56. The molecule has 0 N–H and O–H groups in total. The minimum absolute atomic E-state index is 0.00160. The molecule has 1 saturated heterocycles. The van der Waals surface area contributed by atoms with Gasteiger partial charge in [0, 0.05) is 11.9 Å². The molecule has 0 bridgehead atoms. The molecule has 1 fully saturated rings. The normalized spacial score (nSPS) is 23.9. The van der Waals surface area contributed by atoms with Crippen LogP contribution in [0.5, 0.6) is 0 Å². The topological polar surface area (TPSA) is 52.4 Å². The molecule has 2 atom stereocenters. The molecule has 17 heavy (non-hydrogen) atoms. The van der Waals surface area contributed by atoms with Crippen LogP contribution in [0, 0.1) is 10.1 Å². The van der Waals surface area contributed by atoms with Gasteiger partial charge in [0.15, 0.2) is 0 Å². The van der Waals surface area contributed by atoms with Gasteiger partial charge in [-0.05, 0) is 25.5 Å². The molecule has 6 heteroatoms. The predicted octanol–water partition coefficient (Wildman–Crippen LogP) is 3.52. The third kappa shape index (κ3) is 2.73. The van der Waals surface area contributed by atoms with E-state index in [9.17, 15) is 10.1 Å². The van der Waals surface area contributed by atoms with Crippen molar-refractivity contribution >= 4 is 29.1 Å². The molecule has 0 spiro atoms. The maximum absolute atomic E-state index is 11.0. The fraction of sp³-hybridized carbons (Fsp3) is 0.455. The second-order valence-corrected chi connectivity index (χ2v) is 5.55. The fourth-order valence-corrected chi connectivity index (χ4v) is 3.36. The smallest absolute Gasteiger partial charge is 0.301 e. The lowest BCUT2D eigenvalue weighted by Crippen LogP contribution is -2.13. The van der Waals surface area contributed by atoms with Crippen molar-refractivity contribution in [2.75, 3.05) is 6.61 Å². The Morgan fingerprint density at radius 1 is 1.59 bits per heavy atom. The van der Waals surface area contributed by atoms with Crippen molar-refractivity contribution < 1.29 is 9.66 Å². The Bertz CT molecular complexity index is 441. The molecule has 1 aliphatic rings. The van der Waals surface area contributed by atoms with Crippen LogP contribution < -0.4 is 0 Å². The van der Waals surface area contributed by atoms with Crippen molar-refractivity contribution in [3.05, 3.63) is 33.3 Å². The molecule has 2 rings (SSSR count).